The molecule has 1 atom stereocenters. The summed E-state index contributed by atoms with van der Waals surface area (Å²) in [5.41, 5.74) is 0.356. The molecule has 2 aliphatic rings. The van der Waals surface area contributed by atoms with Crippen LogP contribution in [0.25, 0.3) is 11.5 Å². The third kappa shape index (κ3) is 3.24. The topological polar surface area (TPSA) is 97.9 Å². The normalized spacial score (nSPS) is 20.7. The minimum absolute atomic E-state index is 0.161. The molecule has 11 heteroatoms. The maximum atomic E-state index is 12.8. The lowest BCUT2D eigenvalue weighted by Gasteiger charge is -2.14. The molecule has 1 aromatic carbocycles. The number of anilines is 2. The summed E-state index contributed by atoms with van der Waals surface area (Å²) in [6.07, 6.45) is -2.18. The molecule has 2 N–H and O–H groups in total. The molecular weight excluding hydrogens is 413 g/mol. The Hall–Kier alpha value is -3.37. The largest absolute Gasteiger partial charge is 0.419 e. The van der Waals surface area contributed by atoms with Gasteiger partial charge in [0.15, 0.2) is 5.82 Å². The Morgan fingerprint density at radius 3 is 2.68 bits per heavy atom. The van der Waals surface area contributed by atoms with E-state index in [1.54, 1.807) is 6.92 Å². The van der Waals surface area contributed by atoms with Crippen molar-refractivity contribution in [2.24, 2.45) is 0 Å². The van der Waals surface area contributed by atoms with E-state index >= 15 is 0 Å². The van der Waals surface area contributed by atoms with Gasteiger partial charge in [-0.15, -0.1) is 10.2 Å². The molecule has 0 spiro atoms. The van der Waals surface area contributed by atoms with Crippen molar-refractivity contribution in [3.63, 3.8) is 0 Å². The van der Waals surface area contributed by atoms with Crippen LogP contribution < -0.4 is 10.6 Å². The number of aryl methyl sites for hydroxylation is 1. The Balaban J connectivity index is 1.50. The SMILES string of the molecule is C[C@]1(c2nnc(-c3c(Nc4ccc(C(F)(F)F)cc4)nn4c3CCC4)o2)CCNC1=O. The van der Waals surface area contributed by atoms with Gasteiger partial charge in [0.05, 0.1) is 11.3 Å². The summed E-state index contributed by atoms with van der Waals surface area (Å²) >= 11 is 0. The van der Waals surface area contributed by atoms with Gasteiger partial charge in [-0.05, 0) is 50.5 Å². The van der Waals surface area contributed by atoms with Crippen LogP contribution in [0.4, 0.5) is 24.7 Å². The summed E-state index contributed by atoms with van der Waals surface area (Å²) in [4.78, 5) is 12.2. The average Bonchev–Trinajstić information content (AvgIpc) is 3.47. The van der Waals surface area contributed by atoms with Crippen molar-refractivity contribution in [3.05, 3.63) is 41.4 Å². The van der Waals surface area contributed by atoms with Crippen molar-refractivity contribution in [3.8, 4) is 11.5 Å². The van der Waals surface area contributed by atoms with Crippen molar-refractivity contribution >= 4 is 17.4 Å². The first-order valence-corrected chi connectivity index (χ1v) is 9.92. The monoisotopic (exact) mass is 432 g/mol. The van der Waals surface area contributed by atoms with Crippen LogP contribution in [0.2, 0.25) is 0 Å². The van der Waals surface area contributed by atoms with Gasteiger partial charge < -0.3 is 15.1 Å². The van der Waals surface area contributed by atoms with E-state index in [1.165, 1.54) is 12.1 Å². The number of carbonyl (C=O) groups is 1. The third-order valence-electron chi connectivity index (χ3n) is 5.84. The molecule has 31 heavy (non-hydrogen) atoms. The van der Waals surface area contributed by atoms with Gasteiger partial charge in [0.2, 0.25) is 11.8 Å². The van der Waals surface area contributed by atoms with Crippen LogP contribution in [0.3, 0.4) is 0 Å². The molecule has 5 rings (SSSR count). The minimum atomic E-state index is -4.40. The number of amides is 1. The molecule has 0 saturated carbocycles. The number of benzene rings is 1. The van der Waals surface area contributed by atoms with E-state index in [-0.39, 0.29) is 17.7 Å². The van der Waals surface area contributed by atoms with E-state index in [4.69, 9.17) is 4.42 Å². The zero-order valence-electron chi connectivity index (χ0n) is 16.6. The molecule has 3 aromatic rings. The van der Waals surface area contributed by atoms with Gasteiger partial charge in [0.25, 0.3) is 5.89 Å². The highest BCUT2D eigenvalue weighted by Crippen LogP contribution is 2.38. The lowest BCUT2D eigenvalue weighted by atomic mass is 9.89. The molecule has 4 heterocycles. The van der Waals surface area contributed by atoms with Gasteiger partial charge in [-0.1, -0.05) is 0 Å². The quantitative estimate of drug-likeness (QED) is 0.656. The summed E-state index contributed by atoms with van der Waals surface area (Å²) in [6, 6.07) is 4.71. The van der Waals surface area contributed by atoms with Gasteiger partial charge in [-0.25, -0.2) is 0 Å². The first-order chi connectivity index (χ1) is 14.8. The number of fused-ring (bicyclic) bond motifs is 1. The second-order valence-corrected chi connectivity index (χ2v) is 7.95. The van der Waals surface area contributed by atoms with Crippen LogP contribution in [-0.4, -0.2) is 32.4 Å². The number of carbonyl (C=O) groups excluding carboxylic acids is 1. The van der Waals surface area contributed by atoms with Crippen LogP contribution in [0.5, 0.6) is 0 Å². The van der Waals surface area contributed by atoms with Gasteiger partial charge in [-0.3, -0.25) is 9.48 Å². The molecule has 1 saturated heterocycles. The smallest absolute Gasteiger partial charge is 0.416 e. The average molecular weight is 432 g/mol. The third-order valence-corrected chi connectivity index (χ3v) is 5.84. The first-order valence-electron chi connectivity index (χ1n) is 9.92. The van der Waals surface area contributed by atoms with Gasteiger partial charge >= 0.3 is 6.18 Å². The molecule has 2 aliphatic heterocycles. The molecule has 1 fully saturated rings. The van der Waals surface area contributed by atoms with Gasteiger partial charge in [0.1, 0.15) is 11.0 Å². The lowest BCUT2D eigenvalue weighted by molar-refractivity contribution is -0.137. The second-order valence-electron chi connectivity index (χ2n) is 7.95. The Kier molecular flexibility index (Phi) is 4.31. The molecule has 162 valence electrons. The number of nitrogens with one attached hydrogen (secondary N) is 2. The van der Waals surface area contributed by atoms with E-state index in [1.807, 2.05) is 4.68 Å². The van der Waals surface area contributed by atoms with Gasteiger partial charge in [0, 0.05) is 18.8 Å². The number of halogens is 3. The van der Waals surface area contributed by atoms with Crippen molar-refractivity contribution in [1.82, 2.24) is 25.3 Å². The number of nitrogens with zero attached hydrogens (tertiary/aromatic N) is 4. The Morgan fingerprint density at radius 1 is 1.23 bits per heavy atom. The Morgan fingerprint density at radius 2 is 2.00 bits per heavy atom. The van der Waals surface area contributed by atoms with Crippen LogP contribution in [0, 0.1) is 0 Å². The van der Waals surface area contributed by atoms with Crippen LogP contribution in [-0.2, 0) is 29.4 Å². The summed E-state index contributed by atoms with van der Waals surface area (Å²) in [5.74, 6) is 0.723. The molecule has 1 amide bonds. The van der Waals surface area contributed by atoms with Crippen molar-refractivity contribution in [2.75, 3.05) is 11.9 Å². The molecule has 8 nitrogen and oxygen atoms in total. The highest BCUT2D eigenvalue weighted by molar-refractivity contribution is 5.88. The predicted molar refractivity (Wildman–Crippen MR) is 104 cm³/mol. The molecule has 0 radical (unpaired) electrons. The minimum Gasteiger partial charge on any atom is -0.419 e. The standard InChI is InChI=1S/C20H19F3N6O2/c1-19(8-9-24-17(19)30)18-27-26-16(31-18)14-13-3-2-10-29(13)28-15(14)25-12-6-4-11(5-7-12)20(21,22)23/h4-7H,2-3,8-10H2,1H3,(H,24,30)(H,25,28)/t19-/m0/s1. The van der Waals surface area contributed by atoms with Crippen LogP contribution in [0.1, 0.15) is 36.9 Å². The number of hydrogen-bond donors (Lipinski definition) is 2. The highest BCUT2D eigenvalue weighted by Gasteiger charge is 2.44. The summed E-state index contributed by atoms with van der Waals surface area (Å²) < 4.78 is 46.3. The first kappa shape index (κ1) is 19.6. The Labute approximate surface area is 174 Å². The zero-order chi connectivity index (χ0) is 21.8. The molecule has 0 aliphatic carbocycles. The lowest BCUT2D eigenvalue weighted by Crippen LogP contribution is -2.32. The fourth-order valence-electron chi connectivity index (χ4n) is 4.01. The van der Waals surface area contributed by atoms with Crippen molar-refractivity contribution < 1.29 is 22.4 Å². The highest BCUT2D eigenvalue weighted by atomic mass is 19.4. The van der Waals surface area contributed by atoms with E-state index in [0.717, 1.165) is 37.2 Å². The summed E-state index contributed by atoms with van der Waals surface area (Å²) in [5, 5.41) is 18.7. The Bertz CT molecular complexity index is 1150. The fraction of sp³-hybridized carbons (Fsp3) is 0.400. The number of rotatable bonds is 4. The zero-order valence-corrected chi connectivity index (χ0v) is 16.6. The molecule has 0 unspecified atom stereocenters. The van der Waals surface area contributed by atoms with E-state index in [2.05, 4.69) is 25.9 Å². The van der Waals surface area contributed by atoms with Crippen molar-refractivity contribution in [2.45, 2.75) is 44.3 Å². The molecule has 0 bridgehead atoms. The molecule has 2 aromatic heterocycles. The van der Waals surface area contributed by atoms with E-state index in [9.17, 15) is 18.0 Å². The summed E-state index contributed by atoms with van der Waals surface area (Å²) in [7, 11) is 0. The predicted octanol–water partition coefficient (Wildman–Crippen LogP) is 3.42. The van der Waals surface area contributed by atoms with E-state index in [0.29, 0.717) is 30.0 Å². The molecular formula is C20H19F3N6O2. The van der Waals surface area contributed by atoms with Crippen LogP contribution >= 0.6 is 0 Å². The second kappa shape index (κ2) is 6.82. The number of aromatic nitrogens is 4. The maximum absolute atomic E-state index is 12.8. The van der Waals surface area contributed by atoms with Crippen LogP contribution in [0.15, 0.2) is 28.7 Å². The number of alkyl halides is 3. The van der Waals surface area contributed by atoms with E-state index < -0.39 is 17.2 Å². The summed E-state index contributed by atoms with van der Waals surface area (Å²) in [6.45, 7) is 3.02. The van der Waals surface area contributed by atoms with Crippen molar-refractivity contribution in [1.29, 1.82) is 0 Å². The fourth-order valence-corrected chi connectivity index (χ4v) is 4.01. The maximum Gasteiger partial charge on any atom is 0.416 e. The van der Waals surface area contributed by atoms with Gasteiger partial charge in [-0.2, -0.15) is 18.3 Å². The number of hydrogen-bond acceptors (Lipinski definition) is 6.